The fraction of sp³-hybridized carbons (Fsp3) is 0.278. The summed E-state index contributed by atoms with van der Waals surface area (Å²) in [7, 11) is 0. The molecule has 5 nitrogen and oxygen atoms in total. The Kier molecular flexibility index (Phi) is 5.55. The third-order valence-corrected chi connectivity index (χ3v) is 5.40. The van der Waals surface area contributed by atoms with Crippen LogP contribution in [0.3, 0.4) is 0 Å². The van der Waals surface area contributed by atoms with Crippen LogP contribution in [0, 0.1) is 0 Å². The highest BCUT2D eigenvalue weighted by atomic mass is 32.2. The van der Waals surface area contributed by atoms with E-state index in [9.17, 15) is 9.59 Å². The van der Waals surface area contributed by atoms with Gasteiger partial charge in [0.15, 0.2) is 4.96 Å². The van der Waals surface area contributed by atoms with Crippen molar-refractivity contribution in [3.05, 3.63) is 63.5 Å². The highest BCUT2D eigenvalue weighted by molar-refractivity contribution is 7.99. The van der Waals surface area contributed by atoms with Gasteiger partial charge in [-0.25, -0.2) is 4.98 Å². The first-order valence-corrected chi connectivity index (χ1v) is 9.99. The van der Waals surface area contributed by atoms with Gasteiger partial charge in [-0.1, -0.05) is 26.0 Å². The van der Waals surface area contributed by atoms with E-state index in [0.717, 1.165) is 5.69 Å². The molecule has 1 N–H and O–H groups in total. The number of thiazole rings is 1. The lowest BCUT2D eigenvalue weighted by Crippen LogP contribution is -2.15. The molecule has 25 heavy (non-hydrogen) atoms. The Morgan fingerprint density at radius 2 is 2.20 bits per heavy atom. The van der Waals surface area contributed by atoms with E-state index < -0.39 is 0 Å². The molecule has 0 bridgehead atoms. The zero-order chi connectivity index (χ0) is 17.8. The monoisotopic (exact) mass is 373 g/mol. The second kappa shape index (κ2) is 7.84. The number of rotatable bonds is 6. The zero-order valence-corrected chi connectivity index (χ0v) is 15.7. The maximum absolute atomic E-state index is 12.1. The maximum atomic E-state index is 12.1. The number of carbonyl (C=O) groups is 1. The van der Waals surface area contributed by atoms with Crippen molar-refractivity contribution in [3.8, 4) is 0 Å². The highest BCUT2D eigenvalue weighted by Crippen LogP contribution is 2.19. The van der Waals surface area contributed by atoms with Crippen molar-refractivity contribution < 1.29 is 4.79 Å². The Bertz CT molecular complexity index is 947. The number of aromatic nitrogens is 2. The summed E-state index contributed by atoms with van der Waals surface area (Å²) in [6.45, 7) is 4.24. The van der Waals surface area contributed by atoms with Gasteiger partial charge in [0, 0.05) is 29.1 Å². The standard InChI is InChI=1S/C18H19N3O2S2/c1-12(2)13-4-3-5-14(8-13)19-16(22)11-24-10-15-9-17(23)21-6-7-25-18(21)20-15/h3-9,12H,10-11H2,1-2H3,(H,19,22). The SMILES string of the molecule is CC(C)c1cccc(NC(=O)CSCc2cc(=O)n3ccsc3n2)c1. The van der Waals surface area contributed by atoms with E-state index in [1.54, 1.807) is 6.20 Å². The van der Waals surface area contributed by atoms with Crippen LogP contribution in [0.2, 0.25) is 0 Å². The molecule has 130 valence electrons. The zero-order valence-electron chi connectivity index (χ0n) is 14.1. The molecule has 1 amide bonds. The first-order chi connectivity index (χ1) is 12.0. The maximum Gasteiger partial charge on any atom is 0.258 e. The van der Waals surface area contributed by atoms with Crippen molar-refractivity contribution in [1.82, 2.24) is 9.38 Å². The number of nitrogens with zero attached hydrogens (tertiary/aromatic N) is 2. The molecule has 0 aliphatic carbocycles. The van der Waals surface area contributed by atoms with Crippen LogP contribution in [-0.2, 0) is 10.5 Å². The fourth-order valence-electron chi connectivity index (χ4n) is 2.38. The molecule has 0 radical (unpaired) electrons. The van der Waals surface area contributed by atoms with E-state index >= 15 is 0 Å². The number of hydrogen-bond acceptors (Lipinski definition) is 5. The van der Waals surface area contributed by atoms with Gasteiger partial charge in [0.05, 0.1) is 11.4 Å². The van der Waals surface area contributed by atoms with Crippen LogP contribution in [0.1, 0.15) is 31.0 Å². The quantitative estimate of drug-likeness (QED) is 0.715. The molecule has 0 saturated carbocycles. The van der Waals surface area contributed by atoms with Crippen LogP contribution in [0.4, 0.5) is 5.69 Å². The molecular weight excluding hydrogens is 354 g/mol. The van der Waals surface area contributed by atoms with Gasteiger partial charge in [-0.3, -0.25) is 14.0 Å². The van der Waals surface area contributed by atoms with Crippen LogP contribution >= 0.6 is 23.1 Å². The highest BCUT2D eigenvalue weighted by Gasteiger charge is 2.07. The summed E-state index contributed by atoms with van der Waals surface area (Å²) in [6.07, 6.45) is 1.71. The molecule has 0 unspecified atom stereocenters. The molecule has 3 aromatic rings. The summed E-state index contributed by atoms with van der Waals surface area (Å²) in [4.78, 5) is 29.1. The number of carbonyl (C=O) groups excluding carboxylic acids is 1. The molecule has 1 aromatic carbocycles. The van der Waals surface area contributed by atoms with Crippen LogP contribution in [0.25, 0.3) is 4.96 Å². The molecule has 0 spiro atoms. The smallest absolute Gasteiger partial charge is 0.258 e. The fourth-order valence-corrected chi connectivity index (χ4v) is 3.84. The molecule has 0 atom stereocenters. The summed E-state index contributed by atoms with van der Waals surface area (Å²) < 4.78 is 1.52. The third-order valence-electron chi connectivity index (χ3n) is 3.68. The normalized spacial score (nSPS) is 11.2. The first-order valence-electron chi connectivity index (χ1n) is 7.96. The van der Waals surface area contributed by atoms with Gasteiger partial charge in [0.25, 0.3) is 5.56 Å². The molecule has 3 rings (SSSR count). The van der Waals surface area contributed by atoms with E-state index in [1.807, 2.05) is 23.6 Å². The van der Waals surface area contributed by atoms with Crippen LogP contribution in [0.5, 0.6) is 0 Å². The van der Waals surface area contributed by atoms with Crippen LogP contribution in [-0.4, -0.2) is 21.0 Å². The average Bonchev–Trinajstić information content (AvgIpc) is 3.04. The second-order valence-corrected chi connectivity index (χ2v) is 7.82. The number of fused-ring (bicyclic) bond motifs is 1. The lowest BCUT2D eigenvalue weighted by atomic mass is 10.0. The molecule has 0 saturated heterocycles. The van der Waals surface area contributed by atoms with E-state index in [2.05, 4.69) is 30.2 Å². The second-order valence-electron chi connectivity index (χ2n) is 5.96. The van der Waals surface area contributed by atoms with Crippen molar-refractivity contribution in [2.45, 2.75) is 25.5 Å². The number of amides is 1. The molecule has 2 heterocycles. The van der Waals surface area contributed by atoms with Gasteiger partial charge in [-0.05, 0) is 23.6 Å². The lowest BCUT2D eigenvalue weighted by molar-refractivity contribution is -0.113. The van der Waals surface area contributed by atoms with Gasteiger partial charge in [0.2, 0.25) is 5.91 Å². The van der Waals surface area contributed by atoms with Gasteiger partial charge in [-0.2, -0.15) is 0 Å². The first kappa shape index (κ1) is 17.7. The Morgan fingerprint density at radius 3 is 3.00 bits per heavy atom. The third kappa shape index (κ3) is 4.49. The number of hydrogen-bond donors (Lipinski definition) is 1. The van der Waals surface area contributed by atoms with Crippen LogP contribution in [0.15, 0.2) is 46.7 Å². The molecule has 7 heteroatoms. The average molecular weight is 374 g/mol. The molecule has 0 aliphatic rings. The topological polar surface area (TPSA) is 63.5 Å². The van der Waals surface area contributed by atoms with Crippen molar-refractivity contribution in [2.75, 3.05) is 11.1 Å². The van der Waals surface area contributed by atoms with Gasteiger partial charge < -0.3 is 5.32 Å². The predicted octanol–water partition coefficient (Wildman–Crippen LogP) is 3.75. The van der Waals surface area contributed by atoms with Crippen molar-refractivity contribution in [1.29, 1.82) is 0 Å². The number of anilines is 1. The van der Waals surface area contributed by atoms with Gasteiger partial charge >= 0.3 is 0 Å². The molecule has 0 fully saturated rings. The summed E-state index contributed by atoms with van der Waals surface area (Å²) >= 11 is 2.87. The summed E-state index contributed by atoms with van der Waals surface area (Å²) in [6, 6.07) is 9.42. The lowest BCUT2D eigenvalue weighted by Gasteiger charge is -2.09. The van der Waals surface area contributed by atoms with Crippen molar-refractivity contribution >= 4 is 39.7 Å². The van der Waals surface area contributed by atoms with E-state index in [-0.39, 0.29) is 11.5 Å². The summed E-state index contributed by atoms with van der Waals surface area (Å²) in [5.41, 5.74) is 2.62. The minimum atomic E-state index is -0.0863. The Labute approximate surface area is 154 Å². The molecular formula is C18H19N3O2S2. The van der Waals surface area contributed by atoms with E-state index in [0.29, 0.717) is 28.1 Å². The number of thioether (sulfide) groups is 1. The molecule has 0 aliphatic heterocycles. The Hall–Kier alpha value is -2.12. The van der Waals surface area contributed by atoms with Gasteiger partial charge in [0.1, 0.15) is 0 Å². The van der Waals surface area contributed by atoms with E-state index in [4.69, 9.17) is 0 Å². The minimum absolute atomic E-state index is 0.0557. The van der Waals surface area contributed by atoms with Crippen molar-refractivity contribution in [3.63, 3.8) is 0 Å². The number of nitrogens with one attached hydrogen (secondary N) is 1. The van der Waals surface area contributed by atoms with Gasteiger partial charge in [-0.15, -0.1) is 23.1 Å². The minimum Gasteiger partial charge on any atom is -0.325 e. The Balaban J connectivity index is 1.55. The van der Waals surface area contributed by atoms with Crippen molar-refractivity contribution in [2.24, 2.45) is 0 Å². The predicted molar refractivity (Wildman–Crippen MR) is 105 cm³/mol. The summed E-state index contributed by atoms with van der Waals surface area (Å²) in [5.74, 6) is 1.21. The summed E-state index contributed by atoms with van der Waals surface area (Å²) in [5, 5.41) is 4.75. The molecule has 2 aromatic heterocycles. The largest absolute Gasteiger partial charge is 0.325 e. The number of benzene rings is 1. The van der Waals surface area contributed by atoms with E-state index in [1.165, 1.54) is 39.1 Å². The van der Waals surface area contributed by atoms with Crippen LogP contribution < -0.4 is 10.9 Å². The Morgan fingerprint density at radius 1 is 1.36 bits per heavy atom.